The average molecular weight is 202 g/mol. The molecule has 1 rings (SSSR count). The van der Waals surface area contributed by atoms with Crippen molar-refractivity contribution in [2.24, 2.45) is 0 Å². The van der Waals surface area contributed by atoms with Crippen LogP contribution >= 0.6 is 0 Å². The van der Waals surface area contributed by atoms with Gasteiger partial charge in [-0.1, -0.05) is 0 Å². The summed E-state index contributed by atoms with van der Waals surface area (Å²) in [7, 11) is -2.92. The zero-order chi connectivity index (χ0) is 9.90. The quantitative estimate of drug-likeness (QED) is 0.722. The molecule has 0 amide bonds. The Labute approximate surface area is 78.5 Å². The van der Waals surface area contributed by atoms with Gasteiger partial charge in [0.25, 0.3) is 0 Å². The van der Waals surface area contributed by atoms with Crippen molar-refractivity contribution < 1.29 is 8.42 Å². The Balaban J connectivity index is 2.53. The lowest BCUT2D eigenvalue weighted by molar-refractivity contribution is 0.580. The van der Waals surface area contributed by atoms with E-state index in [0.717, 1.165) is 0 Å². The maximum atomic E-state index is 11.4. The highest BCUT2D eigenvalue weighted by Gasteiger charge is 2.15. The summed E-state index contributed by atoms with van der Waals surface area (Å²) in [6.07, 6.45) is 5.02. The van der Waals surface area contributed by atoms with Crippen molar-refractivity contribution in [3.63, 3.8) is 0 Å². The van der Waals surface area contributed by atoms with E-state index in [1.807, 2.05) is 0 Å². The largest absolute Gasteiger partial charge is 0.336 e. The standard InChI is InChI=1S/C8H14N2O2S/c1-8(2)13(11,12)6-5-10-4-3-9-7-10/h3-4,7-8H,5-6H2,1-2H3. The molecule has 0 N–H and O–H groups in total. The molecule has 0 spiro atoms. The zero-order valence-electron chi connectivity index (χ0n) is 7.84. The van der Waals surface area contributed by atoms with Gasteiger partial charge in [-0.2, -0.15) is 0 Å². The first-order chi connectivity index (χ1) is 6.02. The Kier molecular flexibility index (Phi) is 3.08. The van der Waals surface area contributed by atoms with Crippen LogP contribution in [-0.4, -0.2) is 29.0 Å². The summed E-state index contributed by atoms with van der Waals surface area (Å²) in [4.78, 5) is 3.84. The number of aryl methyl sites for hydroxylation is 1. The highest BCUT2D eigenvalue weighted by molar-refractivity contribution is 7.91. The van der Waals surface area contributed by atoms with Crippen LogP contribution < -0.4 is 0 Å². The van der Waals surface area contributed by atoms with Crippen molar-refractivity contribution in [1.82, 2.24) is 9.55 Å². The number of hydrogen-bond acceptors (Lipinski definition) is 3. The normalized spacial score (nSPS) is 12.2. The van der Waals surface area contributed by atoms with Gasteiger partial charge in [-0.3, -0.25) is 0 Å². The van der Waals surface area contributed by atoms with Crippen molar-refractivity contribution in [1.29, 1.82) is 0 Å². The summed E-state index contributed by atoms with van der Waals surface area (Å²) >= 11 is 0. The lowest BCUT2D eigenvalue weighted by Gasteiger charge is -2.07. The summed E-state index contributed by atoms with van der Waals surface area (Å²) in [5.41, 5.74) is 0. The first-order valence-electron chi connectivity index (χ1n) is 4.19. The highest BCUT2D eigenvalue weighted by atomic mass is 32.2. The van der Waals surface area contributed by atoms with Crippen molar-refractivity contribution >= 4 is 9.84 Å². The Morgan fingerprint density at radius 3 is 2.62 bits per heavy atom. The zero-order valence-corrected chi connectivity index (χ0v) is 8.66. The minimum absolute atomic E-state index is 0.182. The van der Waals surface area contributed by atoms with Crippen molar-refractivity contribution in [2.45, 2.75) is 25.6 Å². The molecule has 0 unspecified atom stereocenters. The van der Waals surface area contributed by atoms with Gasteiger partial charge in [0.15, 0.2) is 9.84 Å². The number of nitrogens with zero attached hydrogens (tertiary/aromatic N) is 2. The van der Waals surface area contributed by atoms with Gasteiger partial charge < -0.3 is 4.57 Å². The lowest BCUT2D eigenvalue weighted by atomic mass is 10.6. The molecule has 0 fully saturated rings. The average Bonchev–Trinajstić information content (AvgIpc) is 2.52. The third-order valence-corrected chi connectivity index (χ3v) is 4.10. The molecule has 0 atom stereocenters. The highest BCUT2D eigenvalue weighted by Crippen LogP contribution is 2.01. The van der Waals surface area contributed by atoms with Gasteiger partial charge in [0, 0.05) is 18.9 Å². The molecule has 74 valence electrons. The molecule has 0 saturated carbocycles. The third kappa shape index (κ3) is 2.84. The molecule has 0 radical (unpaired) electrons. The number of sulfone groups is 1. The fraction of sp³-hybridized carbons (Fsp3) is 0.625. The molecule has 0 aliphatic carbocycles. The monoisotopic (exact) mass is 202 g/mol. The maximum absolute atomic E-state index is 11.4. The van der Waals surface area contributed by atoms with E-state index in [0.29, 0.717) is 6.54 Å². The van der Waals surface area contributed by atoms with Crippen LogP contribution in [0.4, 0.5) is 0 Å². The van der Waals surface area contributed by atoms with E-state index in [2.05, 4.69) is 4.98 Å². The molecule has 1 aromatic rings. The molecule has 4 nitrogen and oxygen atoms in total. The second-order valence-electron chi connectivity index (χ2n) is 3.22. The second kappa shape index (κ2) is 3.91. The lowest BCUT2D eigenvalue weighted by Crippen LogP contribution is -2.20. The van der Waals surface area contributed by atoms with Crippen LogP contribution in [0, 0.1) is 0 Å². The van der Waals surface area contributed by atoms with E-state index in [9.17, 15) is 8.42 Å². The van der Waals surface area contributed by atoms with Gasteiger partial charge in [0.05, 0.1) is 17.3 Å². The second-order valence-corrected chi connectivity index (χ2v) is 5.89. The van der Waals surface area contributed by atoms with Crippen LogP contribution in [0.1, 0.15) is 13.8 Å². The first-order valence-corrected chi connectivity index (χ1v) is 5.91. The predicted octanol–water partition coefficient (Wildman–Crippen LogP) is 0.706. The van der Waals surface area contributed by atoms with E-state index < -0.39 is 9.84 Å². The van der Waals surface area contributed by atoms with Gasteiger partial charge in [-0.25, -0.2) is 13.4 Å². The maximum Gasteiger partial charge on any atom is 0.154 e. The van der Waals surface area contributed by atoms with E-state index in [4.69, 9.17) is 0 Å². The number of aromatic nitrogens is 2. The Hall–Kier alpha value is -0.840. The topological polar surface area (TPSA) is 52.0 Å². The Bertz CT molecular complexity index is 340. The molecule has 13 heavy (non-hydrogen) atoms. The number of rotatable bonds is 4. The fourth-order valence-corrected chi connectivity index (χ4v) is 1.82. The molecule has 0 aliphatic heterocycles. The fourth-order valence-electron chi connectivity index (χ4n) is 0.887. The van der Waals surface area contributed by atoms with Crippen molar-refractivity contribution in [2.75, 3.05) is 5.75 Å². The minimum Gasteiger partial charge on any atom is -0.336 e. The van der Waals surface area contributed by atoms with Crippen LogP contribution in [0.3, 0.4) is 0 Å². The number of imidazole rings is 1. The van der Waals surface area contributed by atoms with E-state index >= 15 is 0 Å². The summed E-state index contributed by atoms with van der Waals surface area (Å²) < 4.78 is 24.5. The molecule has 0 bridgehead atoms. The molecule has 0 aromatic carbocycles. The van der Waals surface area contributed by atoms with E-state index in [1.54, 1.807) is 37.1 Å². The van der Waals surface area contributed by atoms with Crippen LogP contribution in [0.15, 0.2) is 18.7 Å². The molecule has 1 heterocycles. The van der Waals surface area contributed by atoms with Crippen LogP contribution in [0.25, 0.3) is 0 Å². The SMILES string of the molecule is CC(C)S(=O)(=O)CCn1ccnc1. The van der Waals surface area contributed by atoms with Crippen LogP contribution in [0.5, 0.6) is 0 Å². The van der Waals surface area contributed by atoms with Crippen molar-refractivity contribution in [3.8, 4) is 0 Å². The van der Waals surface area contributed by atoms with Gasteiger partial charge in [0.1, 0.15) is 0 Å². The van der Waals surface area contributed by atoms with Gasteiger partial charge >= 0.3 is 0 Å². The molecular weight excluding hydrogens is 188 g/mol. The van der Waals surface area contributed by atoms with Crippen LogP contribution in [0.2, 0.25) is 0 Å². The summed E-state index contributed by atoms with van der Waals surface area (Å²) in [6, 6.07) is 0. The van der Waals surface area contributed by atoms with Gasteiger partial charge in [-0.05, 0) is 13.8 Å². The predicted molar refractivity (Wildman–Crippen MR) is 51.1 cm³/mol. The molecule has 0 saturated heterocycles. The van der Waals surface area contributed by atoms with Gasteiger partial charge in [-0.15, -0.1) is 0 Å². The summed E-state index contributed by atoms with van der Waals surface area (Å²) in [5.74, 6) is 0.182. The minimum atomic E-state index is -2.92. The van der Waals surface area contributed by atoms with E-state index in [-0.39, 0.29) is 11.0 Å². The van der Waals surface area contributed by atoms with Crippen LogP contribution in [-0.2, 0) is 16.4 Å². The Morgan fingerprint density at radius 2 is 2.15 bits per heavy atom. The number of hydrogen-bond donors (Lipinski definition) is 0. The van der Waals surface area contributed by atoms with Gasteiger partial charge in [0.2, 0.25) is 0 Å². The smallest absolute Gasteiger partial charge is 0.154 e. The first kappa shape index (κ1) is 10.2. The molecular formula is C8H14N2O2S. The van der Waals surface area contributed by atoms with E-state index in [1.165, 1.54) is 0 Å². The molecule has 1 aromatic heterocycles. The Morgan fingerprint density at radius 1 is 1.46 bits per heavy atom. The summed E-state index contributed by atoms with van der Waals surface area (Å²) in [5, 5.41) is -0.295. The molecule has 0 aliphatic rings. The molecule has 5 heteroatoms. The van der Waals surface area contributed by atoms with Crippen molar-refractivity contribution in [3.05, 3.63) is 18.7 Å². The summed E-state index contributed by atoms with van der Waals surface area (Å²) in [6.45, 7) is 3.88. The third-order valence-electron chi connectivity index (χ3n) is 1.91.